The van der Waals surface area contributed by atoms with Crippen LogP contribution in [-0.4, -0.2) is 21.6 Å². The van der Waals surface area contributed by atoms with E-state index in [1.807, 2.05) is 37.8 Å². The van der Waals surface area contributed by atoms with Crippen molar-refractivity contribution >= 4 is 46.4 Å². The molecule has 1 aromatic carbocycles. The van der Waals surface area contributed by atoms with E-state index < -0.39 is 0 Å². The second-order valence-corrected chi connectivity index (χ2v) is 7.31. The first-order chi connectivity index (χ1) is 10.9. The van der Waals surface area contributed by atoms with Crippen molar-refractivity contribution in [3.63, 3.8) is 0 Å². The topological polar surface area (TPSA) is 38.4 Å². The number of aromatic nitrogens is 1. The quantitative estimate of drug-likeness (QED) is 0.582. The molecule has 7 heteroatoms. The molecule has 4 nitrogen and oxygen atoms in total. The Bertz CT molecular complexity index is 750. The van der Waals surface area contributed by atoms with Gasteiger partial charge in [0.25, 0.3) is 0 Å². The molecule has 0 saturated carbocycles. The van der Waals surface area contributed by atoms with Crippen molar-refractivity contribution in [2.24, 2.45) is 0 Å². The van der Waals surface area contributed by atoms with Gasteiger partial charge in [-0.25, -0.2) is 0 Å². The Morgan fingerprint density at radius 1 is 1.39 bits per heavy atom. The first-order valence-electron chi connectivity index (χ1n) is 7.31. The number of aryl methyl sites for hydroxylation is 1. The molecule has 0 radical (unpaired) electrons. The molecular formula is C16H19ClN2O2S2. The van der Waals surface area contributed by atoms with Crippen LogP contribution < -0.4 is 10.5 Å². The van der Waals surface area contributed by atoms with Crippen molar-refractivity contribution in [3.8, 4) is 0 Å². The van der Waals surface area contributed by atoms with E-state index in [4.69, 9.17) is 28.3 Å². The maximum absolute atomic E-state index is 12.5. The zero-order chi connectivity index (χ0) is 17.1. The Kier molecular flexibility index (Phi) is 5.95. The van der Waals surface area contributed by atoms with Crippen LogP contribution in [-0.2, 0) is 0 Å². The molecule has 23 heavy (non-hydrogen) atoms. The maximum Gasteiger partial charge on any atom is 0.303 e. The zero-order valence-corrected chi connectivity index (χ0v) is 15.9. The molecule has 0 N–H and O–H groups in total. The number of thioether (sulfide) groups is 1. The van der Waals surface area contributed by atoms with Crippen molar-refractivity contribution in [1.82, 2.24) is 4.74 Å². The molecule has 0 aliphatic carbocycles. The highest BCUT2D eigenvalue weighted by molar-refractivity contribution is 7.99. The van der Waals surface area contributed by atoms with Gasteiger partial charge in [0.1, 0.15) is 10.7 Å². The van der Waals surface area contributed by atoms with E-state index in [0.717, 1.165) is 11.4 Å². The Labute approximate surface area is 150 Å². The smallest absolute Gasteiger partial charge is 0.303 e. The second-order valence-electron chi connectivity index (χ2n) is 5.23. The van der Waals surface area contributed by atoms with Crippen LogP contribution in [0.2, 0.25) is 5.02 Å². The fourth-order valence-corrected chi connectivity index (χ4v) is 3.52. The summed E-state index contributed by atoms with van der Waals surface area (Å²) in [6, 6.07) is 7.39. The summed E-state index contributed by atoms with van der Waals surface area (Å²) in [4.78, 5) is 15.0. The number of benzene rings is 1. The van der Waals surface area contributed by atoms with Crippen molar-refractivity contribution in [1.29, 1.82) is 0 Å². The van der Waals surface area contributed by atoms with Gasteiger partial charge in [0.2, 0.25) is 5.11 Å². The monoisotopic (exact) mass is 370 g/mol. The Morgan fingerprint density at radius 3 is 2.52 bits per heavy atom. The molecule has 0 unspecified atom stereocenters. The molecule has 0 aliphatic heterocycles. The maximum atomic E-state index is 12.5. The lowest BCUT2D eigenvalue weighted by Crippen LogP contribution is -2.42. The number of nitrogens with zero attached hydrogens (tertiary/aromatic N) is 2. The summed E-state index contributed by atoms with van der Waals surface area (Å²) >= 11 is 12.9. The third kappa shape index (κ3) is 3.82. The third-order valence-electron chi connectivity index (χ3n) is 3.22. The molecule has 124 valence electrons. The van der Waals surface area contributed by atoms with Gasteiger partial charge in [-0.1, -0.05) is 18.5 Å². The molecule has 0 bridgehead atoms. The largest absolute Gasteiger partial charge is 0.373 e. The number of thiocarbonyl (C=S) groups is 1. The highest BCUT2D eigenvalue weighted by Gasteiger charge is 2.23. The van der Waals surface area contributed by atoms with Crippen LogP contribution in [0.15, 0.2) is 38.5 Å². The average Bonchev–Trinajstić information content (AvgIpc) is 2.77. The highest BCUT2D eigenvalue weighted by atomic mass is 35.5. The van der Waals surface area contributed by atoms with Crippen LogP contribution in [0.25, 0.3) is 0 Å². The number of hydrogen-bond acceptors (Lipinski definition) is 4. The van der Waals surface area contributed by atoms with Crippen LogP contribution in [0.5, 0.6) is 0 Å². The summed E-state index contributed by atoms with van der Waals surface area (Å²) < 4.78 is 6.80. The predicted molar refractivity (Wildman–Crippen MR) is 101 cm³/mol. The van der Waals surface area contributed by atoms with Crippen molar-refractivity contribution in [2.75, 3.05) is 10.7 Å². The molecular weight excluding hydrogens is 352 g/mol. The normalized spacial score (nSPS) is 11.0. The van der Waals surface area contributed by atoms with E-state index in [0.29, 0.717) is 20.8 Å². The first-order valence-corrected chi connectivity index (χ1v) is 9.08. The summed E-state index contributed by atoms with van der Waals surface area (Å²) in [6.07, 6.45) is 0. The fraction of sp³-hybridized carbons (Fsp3) is 0.375. The average molecular weight is 371 g/mol. The van der Waals surface area contributed by atoms with Gasteiger partial charge in [0.05, 0.1) is 0 Å². The van der Waals surface area contributed by atoms with Gasteiger partial charge in [-0.2, -0.15) is 0 Å². The fourth-order valence-electron chi connectivity index (χ4n) is 2.23. The minimum absolute atomic E-state index is 0.0586. The minimum atomic E-state index is -0.209. The van der Waals surface area contributed by atoms with E-state index in [-0.39, 0.29) is 11.6 Å². The van der Waals surface area contributed by atoms with Crippen molar-refractivity contribution in [2.45, 2.75) is 38.6 Å². The van der Waals surface area contributed by atoms with E-state index in [1.54, 1.807) is 19.1 Å². The lowest BCUT2D eigenvalue weighted by molar-refractivity contribution is 0.337. The first kappa shape index (κ1) is 18.1. The second kappa shape index (κ2) is 7.55. The van der Waals surface area contributed by atoms with E-state index in [9.17, 15) is 4.79 Å². The van der Waals surface area contributed by atoms with Crippen LogP contribution >= 0.6 is 35.6 Å². The molecule has 2 aromatic rings. The van der Waals surface area contributed by atoms with Gasteiger partial charge in [0.15, 0.2) is 0 Å². The summed E-state index contributed by atoms with van der Waals surface area (Å²) in [5.74, 6) is 1.39. The van der Waals surface area contributed by atoms with Crippen LogP contribution in [0.4, 0.5) is 5.69 Å². The molecule has 1 aromatic heterocycles. The standard InChI is InChI=1S/C16H19ClN2O2S2/c1-5-23-14-11(4)21-19(15(14)20)16(22)18(10(2)3)13-8-6-12(17)7-9-13/h6-10H,5H2,1-4H3. The molecule has 2 rings (SSSR count). The van der Waals surface area contributed by atoms with Gasteiger partial charge < -0.3 is 9.42 Å². The number of anilines is 1. The molecule has 1 heterocycles. The predicted octanol–water partition coefficient (Wildman–Crippen LogP) is 4.56. The Morgan fingerprint density at radius 2 is 2.00 bits per heavy atom. The van der Waals surface area contributed by atoms with Crippen LogP contribution in [0.1, 0.15) is 26.5 Å². The van der Waals surface area contributed by atoms with E-state index >= 15 is 0 Å². The molecule has 0 saturated heterocycles. The van der Waals surface area contributed by atoms with Gasteiger partial charge >= 0.3 is 5.56 Å². The summed E-state index contributed by atoms with van der Waals surface area (Å²) in [5, 5.41) is 0.967. The van der Waals surface area contributed by atoms with Crippen LogP contribution in [0, 0.1) is 6.92 Å². The lowest BCUT2D eigenvalue weighted by Gasteiger charge is -2.28. The van der Waals surface area contributed by atoms with Crippen LogP contribution in [0.3, 0.4) is 0 Å². The zero-order valence-electron chi connectivity index (χ0n) is 13.5. The molecule has 0 amide bonds. The molecule has 0 fully saturated rings. The number of hydrogen-bond donors (Lipinski definition) is 0. The molecule has 0 atom stereocenters. The number of halogens is 1. The summed E-state index contributed by atoms with van der Waals surface area (Å²) in [5.41, 5.74) is 0.652. The third-order valence-corrected chi connectivity index (χ3v) is 4.87. The molecule has 0 spiro atoms. The SMILES string of the molecule is CCSc1c(C)on(C(=S)N(c2ccc(Cl)cc2)C(C)C)c1=O. The Balaban J connectivity index is 2.45. The minimum Gasteiger partial charge on any atom is -0.373 e. The van der Waals surface area contributed by atoms with Gasteiger partial charge in [-0.15, -0.1) is 16.5 Å². The lowest BCUT2D eigenvalue weighted by atomic mass is 10.2. The highest BCUT2D eigenvalue weighted by Crippen LogP contribution is 2.23. The van der Waals surface area contributed by atoms with Gasteiger partial charge in [-0.05, 0) is 63.0 Å². The number of rotatable bonds is 4. The Hall–Kier alpha value is -1.24. The summed E-state index contributed by atoms with van der Waals surface area (Å²) in [6.45, 7) is 7.78. The van der Waals surface area contributed by atoms with Gasteiger partial charge in [0, 0.05) is 16.8 Å². The van der Waals surface area contributed by atoms with Crippen molar-refractivity contribution < 1.29 is 4.52 Å². The van der Waals surface area contributed by atoms with Gasteiger partial charge in [-0.3, -0.25) is 4.79 Å². The van der Waals surface area contributed by atoms with Crippen molar-refractivity contribution in [3.05, 3.63) is 45.4 Å². The van der Waals surface area contributed by atoms with E-state index in [1.165, 1.54) is 16.5 Å². The van der Waals surface area contributed by atoms with E-state index in [2.05, 4.69) is 0 Å². The summed E-state index contributed by atoms with van der Waals surface area (Å²) in [7, 11) is 0. The molecule has 0 aliphatic rings.